The van der Waals surface area contributed by atoms with Gasteiger partial charge in [-0.2, -0.15) is 0 Å². The number of nitrogens with two attached hydrogens (primary N) is 1. The Morgan fingerprint density at radius 3 is 2.93 bits per heavy atom. The van der Waals surface area contributed by atoms with E-state index in [1.165, 1.54) is 0 Å². The Labute approximate surface area is 159 Å². The molecule has 0 aliphatic carbocycles. The molecule has 0 saturated heterocycles. The number of aromatic amines is 1. The first-order valence-corrected chi connectivity index (χ1v) is 9.43. The van der Waals surface area contributed by atoms with Gasteiger partial charge in [0.25, 0.3) is 5.91 Å². The average molecular weight is 378 g/mol. The normalized spacial score (nSPS) is 11.0. The van der Waals surface area contributed by atoms with E-state index in [9.17, 15) is 4.79 Å². The highest BCUT2D eigenvalue weighted by atomic mass is 32.1. The second-order valence-electron chi connectivity index (χ2n) is 5.98. The zero-order valence-corrected chi connectivity index (χ0v) is 15.3. The van der Waals surface area contributed by atoms with Gasteiger partial charge in [0.15, 0.2) is 5.65 Å². The highest BCUT2D eigenvalue weighted by Gasteiger charge is 2.15. The summed E-state index contributed by atoms with van der Waals surface area (Å²) >= 11 is 1.58. The summed E-state index contributed by atoms with van der Waals surface area (Å²) in [5.74, 6) is 0.554. The SMILES string of the molecule is NCc1cc(CCNC(=O)c2ccnc3[nH]c(-c4cccs4)nc23)ccn1. The Hall–Kier alpha value is -3.10. The lowest BCUT2D eigenvalue weighted by Crippen LogP contribution is -2.26. The van der Waals surface area contributed by atoms with Gasteiger partial charge in [0.2, 0.25) is 0 Å². The van der Waals surface area contributed by atoms with Gasteiger partial charge in [-0.1, -0.05) is 6.07 Å². The fourth-order valence-corrected chi connectivity index (χ4v) is 3.50. The number of thiophene rings is 1. The standard InChI is InChI=1S/C19H18N6OS/c20-11-13-10-12(3-6-21-13)4-7-23-19(26)14-5-8-22-18-16(14)24-17(25-18)15-2-1-9-27-15/h1-3,5-6,8-10H,4,7,11,20H2,(H,23,26)(H,22,24,25). The first-order chi connectivity index (χ1) is 13.2. The van der Waals surface area contributed by atoms with Crippen LogP contribution < -0.4 is 11.1 Å². The van der Waals surface area contributed by atoms with Crippen molar-refractivity contribution in [2.75, 3.05) is 6.54 Å². The molecule has 136 valence electrons. The van der Waals surface area contributed by atoms with E-state index >= 15 is 0 Å². The van der Waals surface area contributed by atoms with Gasteiger partial charge in [-0.05, 0) is 41.6 Å². The van der Waals surface area contributed by atoms with Crippen LogP contribution in [0.2, 0.25) is 0 Å². The first kappa shape index (κ1) is 17.3. The van der Waals surface area contributed by atoms with E-state index in [1.807, 2.05) is 29.6 Å². The van der Waals surface area contributed by atoms with Crippen LogP contribution in [0.5, 0.6) is 0 Å². The fourth-order valence-electron chi connectivity index (χ4n) is 2.83. The zero-order chi connectivity index (χ0) is 18.6. The van der Waals surface area contributed by atoms with E-state index in [0.717, 1.165) is 22.0 Å². The third kappa shape index (κ3) is 3.71. The molecule has 0 bridgehead atoms. The highest BCUT2D eigenvalue weighted by molar-refractivity contribution is 7.13. The summed E-state index contributed by atoms with van der Waals surface area (Å²) in [4.78, 5) is 29.9. The number of carbonyl (C=O) groups excluding carboxylic acids is 1. The van der Waals surface area contributed by atoms with E-state index < -0.39 is 0 Å². The summed E-state index contributed by atoms with van der Waals surface area (Å²) in [6.45, 7) is 0.916. The minimum atomic E-state index is -0.167. The van der Waals surface area contributed by atoms with Crippen LogP contribution in [0, 0.1) is 0 Å². The molecule has 4 N–H and O–H groups in total. The molecule has 0 aromatic carbocycles. The number of aromatic nitrogens is 4. The van der Waals surface area contributed by atoms with Gasteiger partial charge >= 0.3 is 0 Å². The molecule has 7 nitrogen and oxygen atoms in total. The van der Waals surface area contributed by atoms with Crippen LogP contribution in [0.15, 0.2) is 48.1 Å². The topological polar surface area (TPSA) is 110 Å². The summed E-state index contributed by atoms with van der Waals surface area (Å²) in [5.41, 5.74) is 9.23. The molecule has 8 heteroatoms. The molecule has 0 aliphatic rings. The highest BCUT2D eigenvalue weighted by Crippen LogP contribution is 2.25. The Bertz CT molecular complexity index is 1070. The van der Waals surface area contributed by atoms with Gasteiger partial charge in [0, 0.05) is 25.5 Å². The molecule has 1 amide bonds. The van der Waals surface area contributed by atoms with Gasteiger partial charge in [0.1, 0.15) is 11.3 Å². The van der Waals surface area contributed by atoms with Gasteiger partial charge in [-0.25, -0.2) is 9.97 Å². The number of hydrogen-bond donors (Lipinski definition) is 3. The monoisotopic (exact) mass is 378 g/mol. The summed E-state index contributed by atoms with van der Waals surface area (Å²) in [5, 5.41) is 4.94. The molecule has 4 rings (SSSR count). The number of nitrogens with zero attached hydrogens (tertiary/aromatic N) is 3. The van der Waals surface area contributed by atoms with Gasteiger partial charge in [0.05, 0.1) is 16.1 Å². The van der Waals surface area contributed by atoms with Crippen LogP contribution in [-0.4, -0.2) is 32.4 Å². The van der Waals surface area contributed by atoms with Crippen LogP contribution in [0.1, 0.15) is 21.6 Å². The zero-order valence-electron chi connectivity index (χ0n) is 14.5. The van der Waals surface area contributed by atoms with Crippen molar-refractivity contribution in [3.63, 3.8) is 0 Å². The predicted octanol–water partition coefficient (Wildman–Crippen LogP) is 2.51. The number of imidazole rings is 1. The van der Waals surface area contributed by atoms with Crippen LogP contribution >= 0.6 is 11.3 Å². The molecule has 0 atom stereocenters. The lowest BCUT2D eigenvalue weighted by atomic mass is 10.1. The summed E-state index contributed by atoms with van der Waals surface area (Å²) in [6, 6.07) is 9.51. The molecule has 0 fully saturated rings. The first-order valence-electron chi connectivity index (χ1n) is 8.55. The number of rotatable bonds is 6. The maximum atomic E-state index is 12.6. The maximum absolute atomic E-state index is 12.6. The minimum absolute atomic E-state index is 0.167. The minimum Gasteiger partial charge on any atom is -0.352 e. The van der Waals surface area contributed by atoms with Crippen LogP contribution in [0.3, 0.4) is 0 Å². The molecular formula is C19H18N6OS. The molecule has 0 radical (unpaired) electrons. The molecule has 0 unspecified atom stereocenters. The van der Waals surface area contributed by atoms with E-state index in [-0.39, 0.29) is 5.91 Å². The second kappa shape index (κ2) is 7.65. The van der Waals surface area contributed by atoms with Crippen LogP contribution in [0.25, 0.3) is 21.9 Å². The van der Waals surface area contributed by atoms with E-state index in [1.54, 1.807) is 29.8 Å². The van der Waals surface area contributed by atoms with Crippen molar-refractivity contribution in [1.29, 1.82) is 0 Å². The van der Waals surface area contributed by atoms with Gasteiger partial charge in [-0.15, -0.1) is 11.3 Å². The van der Waals surface area contributed by atoms with Crippen molar-refractivity contribution in [3.05, 3.63) is 64.9 Å². The Morgan fingerprint density at radius 2 is 2.11 bits per heavy atom. The Morgan fingerprint density at radius 1 is 1.22 bits per heavy atom. The van der Waals surface area contributed by atoms with E-state index in [4.69, 9.17) is 5.73 Å². The predicted molar refractivity (Wildman–Crippen MR) is 105 cm³/mol. The largest absolute Gasteiger partial charge is 0.352 e. The lowest BCUT2D eigenvalue weighted by molar-refractivity contribution is 0.0955. The Kier molecular flexibility index (Phi) is 4.91. The molecule has 0 aliphatic heterocycles. The average Bonchev–Trinajstić information content (AvgIpc) is 3.37. The maximum Gasteiger partial charge on any atom is 0.253 e. The van der Waals surface area contributed by atoms with Gasteiger partial charge in [-0.3, -0.25) is 9.78 Å². The van der Waals surface area contributed by atoms with Crippen molar-refractivity contribution in [2.45, 2.75) is 13.0 Å². The number of hydrogen-bond acceptors (Lipinski definition) is 6. The third-order valence-electron chi connectivity index (χ3n) is 4.17. The summed E-state index contributed by atoms with van der Waals surface area (Å²) in [7, 11) is 0. The quantitative estimate of drug-likeness (QED) is 0.478. The molecular weight excluding hydrogens is 360 g/mol. The number of H-pyrrole nitrogens is 1. The fraction of sp³-hybridized carbons (Fsp3) is 0.158. The number of nitrogens with one attached hydrogen (secondary N) is 2. The van der Waals surface area contributed by atoms with E-state index in [0.29, 0.717) is 36.2 Å². The molecule has 0 saturated carbocycles. The molecule has 4 aromatic heterocycles. The van der Waals surface area contributed by atoms with Crippen molar-refractivity contribution in [1.82, 2.24) is 25.3 Å². The molecule has 0 spiro atoms. The van der Waals surface area contributed by atoms with Gasteiger partial charge < -0.3 is 16.0 Å². The van der Waals surface area contributed by atoms with E-state index in [2.05, 4.69) is 25.3 Å². The molecule has 4 aromatic rings. The van der Waals surface area contributed by atoms with Crippen LogP contribution in [0.4, 0.5) is 0 Å². The number of amides is 1. The number of carbonyl (C=O) groups is 1. The smallest absolute Gasteiger partial charge is 0.253 e. The number of pyridine rings is 2. The Balaban J connectivity index is 1.49. The molecule has 27 heavy (non-hydrogen) atoms. The van der Waals surface area contributed by atoms with Crippen molar-refractivity contribution >= 4 is 28.4 Å². The van der Waals surface area contributed by atoms with Crippen molar-refractivity contribution in [2.24, 2.45) is 5.73 Å². The summed E-state index contributed by atoms with van der Waals surface area (Å²) < 4.78 is 0. The van der Waals surface area contributed by atoms with Crippen molar-refractivity contribution < 1.29 is 4.79 Å². The second-order valence-corrected chi connectivity index (χ2v) is 6.93. The van der Waals surface area contributed by atoms with Crippen LogP contribution in [-0.2, 0) is 13.0 Å². The lowest BCUT2D eigenvalue weighted by Gasteiger charge is -2.06. The van der Waals surface area contributed by atoms with Crippen molar-refractivity contribution in [3.8, 4) is 10.7 Å². The number of fused-ring (bicyclic) bond motifs is 1. The molecule has 4 heterocycles. The summed E-state index contributed by atoms with van der Waals surface area (Å²) in [6.07, 6.45) is 4.06. The third-order valence-corrected chi connectivity index (χ3v) is 5.05.